The number of hydrogen-bond acceptors (Lipinski definition) is 2. The number of nitrogens with one attached hydrogen (secondary N) is 1. The Morgan fingerprint density at radius 2 is 2.00 bits per heavy atom. The van der Waals surface area contributed by atoms with E-state index in [0.29, 0.717) is 0 Å². The molecule has 2 heteroatoms. The van der Waals surface area contributed by atoms with E-state index in [2.05, 4.69) is 10.3 Å². The van der Waals surface area contributed by atoms with E-state index in [1.807, 2.05) is 27.0 Å². The monoisotopic (exact) mass is 126 g/mol. The number of aliphatic imine (C=N–C) groups is 1. The molecule has 9 heavy (non-hydrogen) atoms. The molecule has 0 spiro atoms. The predicted molar refractivity (Wildman–Crippen MR) is 41.8 cm³/mol. The molecule has 0 aliphatic heterocycles. The summed E-state index contributed by atoms with van der Waals surface area (Å²) >= 11 is 0. The highest BCUT2D eigenvalue weighted by Crippen LogP contribution is 1.85. The van der Waals surface area contributed by atoms with E-state index in [1.165, 1.54) is 0 Å². The smallest absolute Gasteiger partial charge is 0.0330 e. The Bertz CT molecular complexity index is 134. The van der Waals surface area contributed by atoms with Crippen molar-refractivity contribution in [3.8, 4) is 0 Å². The first-order valence-electron chi connectivity index (χ1n) is 3.00. The van der Waals surface area contributed by atoms with E-state index in [1.54, 1.807) is 7.05 Å². The van der Waals surface area contributed by atoms with Gasteiger partial charge in [0.25, 0.3) is 0 Å². The van der Waals surface area contributed by atoms with Gasteiger partial charge in [0.2, 0.25) is 0 Å². The molecule has 0 aliphatic carbocycles. The Morgan fingerprint density at radius 1 is 1.44 bits per heavy atom. The summed E-state index contributed by atoms with van der Waals surface area (Å²) in [6.07, 6.45) is 2.00. The quantitative estimate of drug-likeness (QED) is 0.552. The van der Waals surface area contributed by atoms with Crippen LogP contribution < -0.4 is 5.32 Å². The second-order valence-electron chi connectivity index (χ2n) is 1.94. The van der Waals surface area contributed by atoms with Crippen molar-refractivity contribution in [2.45, 2.75) is 13.8 Å². The highest BCUT2D eigenvalue weighted by Gasteiger charge is 1.82. The molecule has 1 N–H and O–H groups in total. The molecule has 52 valence electrons. The minimum absolute atomic E-state index is 1.04. The van der Waals surface area contributed by atoms with E-state index in [-0.39, 0.29) is 0 Å². The highest BCUT2D eigenvalue weighted by atomic mass is 14.8. The van der Waals surface area contributed by atoms with E-state index in [4.69, 9.17) is 0 Å². The lowest BCUT2D eigenvalue weighted by molar-refractivity contribution is 0.992. The van der Waals surface area contributed by atoms with Crippen LogP contribution in [-0.2, 0) is 0 Å². The maximum Gasteiger partial charge on any atom is 0.0330 e. The Morgan fingerprint density at radius 3 is 2.33 bits per heavy atom. The van der Waals surface area contributed by atoms with Gasteiger partial charge in [-0.25, -0.2) is 0 Å². The number of rotatable bonds is 2. The van der Waals surface area contributed by atoms with Crippen LogP contribution in [0.4, 0.5) is 0 Å². The minimum atomic E-state index is 1.04. The Balaban J connectivity index is 3.95. The van der Waals surface area contributed by atoms with E-state index in [9.17, 15) is 0 Å². The van der Waals surface area contributed by atoms with Crippen LogP contribution in [0.1, 0.15) is 13.8 Å². The number of allylic oxidation sites excluding steroid dienone is 2. The summed E-state index contributed by atoms with van der Waals surface area (Å²) < 4.78 is 0. The third-order valence-electron chi connectivity index (χ3n) is 1.17. The zero-order valence-corrected chi connectivity index (χ0v) is 6.52. The fourth-order valence-electron chi connectivity index (χ4n) is 0.450. The zero-order chi connectivity index (χ0) is 7.28. The molecule has 0 radical (unpaired) electrons. The second-order valence-corrected chi connectivity index (χ2v) is 1.94. The van der Waals surface area contributed by atoms with Crippen LogP contribution in [0.2, 0.25) is 0 Å². The Kier molecular flexibility index (Phi) is 3.76. The van der Waals surface area contributed by atoms with Crippen LogP contribution in [0.15, 0.2) is 16.8 Å². The van der Waals surface area contributed by atoms with Gasteiger partial charge in [-0.2, -0.15) is 0 Å². The van der Waals surface area contributed by atoms with Gasteiger partial charge in [0.15, 0.2) is 0 Å². The van der Waals surface area contributed by atoms with Crippen molar-refractivity contribution >= 4 is 5.71 Å². The molecule has 0 bridgehead atoms. The van der Waals surface area contributed by atoms with Crippen molar-refractivity contribution in [1.82, 2.24) is 5.32 Å². The predicted octanol–water partition coefficient (Wildman–Crippen LogP) is 1.20. The summed E-state index contributed by atoms with van der Waals surface area (Å²) in [7, 11) is 3.68. The van der Waals surface area contributed by atoms with Crippen LogP contribution in [0.3, 0.4) is 0 Å². The normalized spacial score (nSPS) is 13.8. The van der Waals surface area contributed by atoms with Crippen molar-refractivity contribution < 1.29 is 0 Å². The standard InChI is InChI=1S/C7H14N2/c1-6(8-3)5-7(2)9-4/h5,8H,1-4H3/b6-5+,9-7?. The molecule has 0 aliphatic rings. The van der Waals surface area contributed by atoms with Crippen LogP contribution >= 0.6 is 0 Å². The summed E-state index contributed by atoms with van der Waals surface area (Å²) in [4.78, 5) is 3.98. The summed E-state index contributed by atoms with van der Waals surface area (Å²) in [5.74, 6) is 0. The second kappa shape index (κ2) is 4.13. The maximum atomic E-state index is 3.98. The van der Waals surface area contributed by atoms with Crippen molar-refractivity contribution in [3.05, 3.63) is 11.8 Å². The highest BCUT2D eigenvalue weighted by molar-refractivity contribution is 5.93. The molecule has 0 aromatic heterocycles. The lowest BCUT2D eigenvalue weighted by Gasteiger charge is -1.96. The lowest BCUT2D eigenvalue weighted by atomic mass is 10.3. The molecular weight excluding hydrogens is 112 g/mol. The molecule has 0 unspecified atom stereocenters. The van der Waals surface area contributed by atoms with Crippen LogP contribution in [0, 0.1) is 0 Å². The maximum absolute atomic E-state index is 3.98. The molecule has 0 rings (SSSR count). The topological polar surface area (TPSA) is 24.4 Å². The van der Waals surface area contributed by atoms with Gasteiger partial charge in [-0.05, 0) is 19.9 Å². The summed E-state index contributed by atoms with van der Waals surface area (Å²) in [5.41, 5.74) is 2.18. The van der Waals surface area contributed by atoms with Crippen molar-refractivity contribution in [2.75, 3.05) is 14.1 Å². The zero-order valence-electron chi connectivity index (χ0n) is 6.52. The summed E-state index contributed by atoms with van der Waals surface area (Å²) in [6, 6.07) is 0. The average molecular weight is 126 g/mol. The summed E-state index contributed by atoms with van der Waals surface area (Å²) in [5, 5.41) is 3.01. The largest absolute Gasteiger partial charge is 0.392 e. The molecule has 0 atom stereocenters. The van der Waals surface area contributed by atoms with E-state index < -0.39 is 0 Å². The Labute approximate surface area is 56.7 Å². The van der Waals surface area contributed by atoms with Crippen molar-refractivity contribution in [1.29, 1.82) is 0 Å². The van der Waals surface area contributed by atoms with Crippen molar-refractivity contribution in [3.63, 3.8) is 0 Å². The van der Waals surface area contributed by atoms with Crippen molar-refractivity contribution in [2.24, 2.45) is 4.99 Å². The molecule has 0 aromatic carbocycles. The lowest BCUT2D eigenvalue weighted by Crippen LogP contribution is -2.03. The van der Waals surface area contributed by atoms with Gasteiger partial charge in [0.05, 0.1) is 0 Å². The SMILES string of the molecule is CN=C(C)/C=C(\C)NC. The fourth-order valence-corrected chi connectivity index (χ4v) is 0.450. The molecule has 0 amide bonds. The molecule has 0 aromatic rings. The molecule has 0 fully saturated rings. The van der Waals surface area contributed by atoms with Gasteiger partial charge in [-0.1, -0.05) is 0 Å². The summed E-state index contributed by atoms with van der Waals surface area (Å²) in [6.45, 7) is 3.98. The van der Waals surface area contributed by atoms with Gasteiger partial charge in [-0.15, -0.1) is 0 Å². The average Bonchev–Trinajstić information content (AvgIpc) is 1.87. The molecule has 0 saturated heterocycles. The Hall–Kier alpha value is -0.790. The third kappa shape index (κ3) is 3.76. The molecule has 0 saturated carbocycles. The number of nitrogens with zero attached hydrogens (tertiary/aromatic N) is 1. The van der Waals surface area contributed by atoms with Crippen LogP contribution in [0.5, 0.6) is 0 Å². The van der Waals surface area contributed by atoms with Crippen LogP contribution in [-0.4, -0.2) is 19.8 Å². The van der Waals surface area contributed by atoms with Crippen LogP contribution in [0.25, 0.3) is 0 Å². The van der Waals surface area contributed by atoms with E-state index in [0.717, 1.165) is 11.4 Å². The molecule has 2 nitrogen and oxygen atoms in total. The molecule has 0 heterocycles. The number of hydrogen-bond donors (Lipinski definition) is 1. The van der Waals surface area contributed by atoms with Gasteiger partial charge in [0.1, 0.15) is 0 Å². The first-order valence-corrected chi connectivity index (χ1v) is 3.00. The fraction of sp³-hybridized carbons (Fsp3) is 0.571. The minimum Gasteiger partial charge on any atom is -0.392 e. The van der Waals surface area contributed by atoms with Gasteiger partial charge >= 0.3 is 0 Å². The van der Waals surface area contributed by atoms with E-state index >= 15 is 0 Å². The molecular formula is C7H14N2. The van der Waals surface area contributed by atoms with Gasteiger partial charge in [-0.3, -0.25) is 4.99 Å². The first kappa shape index (κ1) is 8.21. The third-order valence-corrected chi connectivity index (χ3v) is 1.17. The first-order chi connectivity index (χ1) is 4.20. The van der Waals surface area contributed by atoms with Gasteiger partial charge < -0.3 is 5.32 Å². The van der Waals surface area contributed by atoms with Gasteiger partial charge in [0, 0.05) is 25.5 Å².